The minimum absolute atomic E-state index is 0.610. The van der Waals surface area contributed by atoms with Crippen LogP contribution in [0, 0.1) is 5.92 Å². The van der Waals surface area contributed by atoms with E-state index in [0.717, 1.165) is 12.3 Å². The maximum atomic E-state index is 4.05. The fraction of sp³-hybridized carbons (Fsp3) is 0.667. The van der Waals surface area contributed by atoms with Crippen LogP contribution in [-0.4, -0.2) is 23.1 Å². The zero-order valence-electron chi connectivity index (χ0n) is 9.75. The summed E-state index contributed by atoms with van der Waals surface area (Å²) in [6.07, 6.45) is 2.96. The standard InChI is InChI=1S/C8H15NS.C4H8/c1-7(2)8(3)9-4-5-10-6-9;1-3-4-2/h7H,3-6H2,1-2H3;3H,1,4H2,2H3. The van der Waals surface area contributed by atoms with Crippen molar-refractivity contribution < 1.29 is 0 Å². The van der Waals surface area contributed by atoms with Gasteiger partial charge in [-0.15, -0.1) is 18.3 Å². The van der Waals surface area contributed by atoms with Crippen LogP contribution in [0.1, 0.15) is 27.2 Å². The third-order valence-electron chi connectivity index (χ3n) is 2.11. The van der Waals surface area contributed by atoms with E-state index in [9.17, 15) is 0 Å². The van der Waals surface area contributed by atoms with Crippen LogP contribution >= 0.6 is 11.8 Å². The van der Waals surface area contributed by atoms with Crippen molar-refractivity contribution in [2.45, 2.75) is 27.2 Å². The molecular formula is C12H23NS. The van der Waals surface area contributed by atoms with E-state index >= 15 is 0 Å². The van der Waals surface area contributed by atoms with E-state index in [1.165, 1.54) is 18.0 Å². The molecule has 0 saturated carbocycles. The lowest BCUT2D eigenvalue weighted by Crippen LogP contribution is -2.21. The second-order valence-corrected chi connectivity index (χ2v) is 4.72. The molecule has 1 saturated heterocycles. The maximum absolute atomic E-state index is 4.05. The number of hydrogen-bond acceptors (Lipinski definition) is 2. The van der Waals surface area contributed by atoms with Crippen LogP contribution in [0.15, 0.2) is 24.9 Å². The summed E-state index contributed by atoms with van der Waals surface area (Å²) in [6.45, 7) is 15.2. The Morgan fingerprint density at radius 3 is 2.43 bits per heavy atom. The first-order chi connectivity index (χ1) is 6.63. The van der Waals surface area contributed by atoms with Crippen LogP contribution in [0.2, 0.25) is 0 Å². The Labute approximate surface area is 93.3 Å². The van der Waals surface area contributed by atoms with Gasteiger partial charge in [0.15, 0.2) is 0 Å². The Morgan fingerprint density at radius 2 is 2.14 bits per heavy atom. The molecule has 0 aromatic carbocycles. The zero-order chi connectivity index (χ0) is 11.0. The van der Waals surface area contributed by atoms with Crippen molar-refractivity contribution in [3.05, 3.63) is 24.9 Å². The first kappa shape index (κ1) is 13.6. The molecule has 0 atom stereocenters. The van der Waals surface area contributed by atoms with Gasteiger partial charge >= 0.3 is 0 Å². The van der Waals surface area contributed by atoms with Crippen molar-refractivity contribution in [1.29, 1.82) is 0 Å². The third kappa shape index (κ3) is 5.38. The van der Waals surface area contributed by atoms with Gasteiger partial charge in [0.1, 0.15) is 0 Å². The van der Waals surface area contributed by atoms with E-state index in [2.05, 4.69) is 38.8 Å². The van der Waals surface area contributed by atoms with Gasteiger partial charge in [-0.1, -0.05) is 33.4 Å². The van der Waals surface area contributed by atoms with Crippen LogP contribution < -0.4 is 0 Å². The van der Waals surface area contributed by atoms with Gasteiger partial charge in [-0.3, -0.25) is 0 Å². The van der Waals surface area contributed by atoms with Crippen LogP contribution in [-0.2, 0) is 0 Å². The number of rotatable bonds is 3. The van der Waals surface area contributed by atoms with Gasteiger partial charge in [0, 0.05) is 18.0 Å². The van der Waals surface area contributed by atoms with Gasteiger partial charge in [-0.2, -0.15) is 0 Å². The Hall–Kier alpha value is -0.370. The molecule has 0 aliphatic carbocycles. The molecule has 0 unspecified atom stereocenters. The van der Waals surface area contributed by atoms with Crippen molar-refractivity contribution in [2.75, 3.05) is 18.2 Å². The molecule has 0 spiro atoms. The summed E-state index contributed by atoms with van der Waals surface area (Å²) in [7, 11) is 0. The maximum Gasteiger partial charge on any atom is 0.0637 e. The van der Waals surface area contributed by atoms with Crippen molar-refractivity contribution in [3.8, 4) is 0 Å². The molecule has 0 N–H and O–H groups in total. The summed E-state index contributed by atoms with van der Waals surface area (Å²) in [5.41, 5.74) is 1.30. The molecule has 1 nitrogen and oxygen atoms in total. The summed E-state index contributed by atoms with van der Waals surface area (Å²) in [4.78, 5) is 2.37. The highest BCUT2D eigenvalue weighted by Gasteiger charge is 2.14. The summed E-state index contributed by atoms with van der Waals surface area (Å²) in [5.74, 6) is 3.03. The Bertz CT molecular complexity index is 169. The monoisotopic (exact) mass is 213 g/mol. The molecule has 82 valence electrons. The molecule has 1 rings (SSSR count). The quantitative estimate of drug-likeness (QED) is 0.657. The predicted molar refractivity (Wildman–Crippen MR) is 68.5 cm³/mol. The Balaban J connectivity index is 0.000000364. The highest BCUT2D eigenvalue weighted by Crippen LogP contribution is 2.21. The van der Waals surface area contributed by atoms with E-state index in [-0.39, 0.29) is 0 Å². The predicted octanol–water partition coefficient (Wildman–Crippen LogP) is 3.74. The molecule has 14 heavy (non-hydrogen) atoms. The molecule has 0 bridgehead atoms. The van der Waals surface area contributed by atoms with E-state index in [1.54, 1.807) is 0 Å². The minimum atomic E-state index is 0.610. The van der Waals surface area contributed by atoms with Crippen LogP contribution in [0.25, 0.3) is 0 Å². The van der Waals surface area contributed by atoms with Crippen molar-refractivity contribution in [1.82, 2.24) is 4.90 Å². The lowest BCUT2D eigenvalue weighted by Gasteiger charge is -2.22. The van der Waals surface area contributed by atoms with E-state index in [1.807, 2.05) is 17.8 Å². The van der Waals surface area contributed by atoms with Gasteiger partial charge in [0.2, 0.25) is 0 Å². The SMILES string of the molecule is C=C(C(C)C)N1CCSC1.C=CCC. The van der Waals surface area contributed by atoms with Gasteiger partial charge in [-0.05, 0) is 12.3 Å². The number of hydrogen-bond donors (Lipinski definition) is 0. The number of nitrogens with zero attached hydrogens (tertiary/aromatic N) is 1. The Kier molecular flexibility index (Phi) is 7.77. The van der Waals surface area contributed by atoms with E-state index < -0.39 is 0 Å². The largest absolute Gasteiger partial charge is 0.365 e. The summed E-state index contributed by atoms with van der Waals surface area (Å²) in [5, 5.41) is 0. The lowest BCUT2D eigenvalue weighted by atomic mass is 10.1. The average molecular weight is 213 g/mol. The molecule has 1 aliphatic heterocycles. The first-order valence-corrected chi connectivity index (χ1v) is 6.41. The third-order valence-corrected chi connectivity index (χ3v) is 3.08. The van der Waals surface area contributed by atoms with E-state index in [4.69, 9.17) is 0 Å². The van der Waals surface area contributed by atoms with Crippen LogP contribution in [0.5, 0.6) is 0 Å². The summed E-state index contributed by atoms with van der Waals surface area (Å²) >= 11 is 1.99. The van der Waals surface area contributed by atoms with Crippen molar-refractivity contribution in [3.63, 3.8) is 0 Å². The lowest BCUT2D eigenvalue weighted by molar-refractivity contribution is 0.399. The average Bonchev–Trinajstić information content (AvgIpc) is 2.69. The summed E-state index contributed by atoms with van der Waals surface area (Å²) < 4.78 is 0. The molecular weight excluding hydrogens is 190 g/mol. The van der Waals surface area contributed by atoms with Gasteiger partial charge in [-0.25, -0.2) is 0 Å². The highest BCUT2D eigenvalue weighted by molar-refractivity contribution is 7.99. The molecule has 0 aromatic heterocycles. The van der Waals surface area contributed by atoms with Gasteiger partial charge in [0.05, 0.1) is 5.88 Å². The Morgan fingerprint density at radius 1 is 1.57 bits per heavy atom. The molecule has 1 heterocycles. The van der Waals surface area contributed by atoms with Crippen molar-refractivity contribution >= 4 is 11.8 Å². The normalized spacial score (nSPS) is 15.0. The zero-order valence-corrected chi connectivity index (χ0v) is 10.6. The van der Waals surface area contributed by atoms with Crippen molar-refractivity contribution in [2.24, 2.45) is 5.92 Å². The molecule has 0 aromatic rings. The van der Waals surface area contributed by atoms with E-state index in [0.29, 0.717) is 5.92 Å². The fourth-order valence-corrected chi connectivity index (χ4v) is 2.00. The number of allylic oxidation sites excluding steroid dienone is 2. The molecule has 1 fully saturated rings. The molecule has 0 amide bonds. The second-order valence-electron chi connectivity index (χ2n) is 3.64. The molecule has 1 aliphatic rings. The van der Waals surface area contributed by atoms with Gasteiger partial charge in [0.25, 0.3) is 0 Å². The van der Waals surface area contributed by atoms with Gasteiger partial charge < -0.3 is 4.90 Å². The second kappa shape index (κ2) is 7.98. The number of thioether (sulfide) groups is 1. The summed E-state index contributed by atoms with van der Waals surface area (Å²) in [6, 6.07) is 0. The molecule has 2 heteroatoms. The minimum Gasteiger partial charge on any atom is -0.365 e. The molecule has 0 radical (unpaired) electrons. The topological polar surface area (TPSA) is 3.24 Å². The van der Waals surface area contributed by atoms with Crippen LogP contribution in [0.3, 0.4) is 0 Å². The van der Waals surface area contributed by atoms with Crippen LogP contribution in [0.4, 0.5) is 0 Å². The highest BCUT2D eigenvalue weighted by atomic mass is 32.2. The smallest absolute Gasteiger partial charge is 0.0637 e. The fourth-order valence-electron chi connectivity index (χ4n) is 1.01. The first-order valence-electron chi connectivity index (χ1n) is 5.25.